The second kappa shape index (κ2) is 8.64. The molecule has 0 aromatic carbocycles. The van der Waals surface area contributed by atoms with Crippen LogP contribution < -0.4 is 10.1 Å². The van der Waals surface area contributed by atoms with E-state index in [1.807, 2.05) is 6.92 Å². The third-order valence-corrected chi connectivity index (χ3v) is 4.14. The summed E-state index contributed by atoms with van der Waals surface area (Å²) in [6.07, 6.45) is -0.751. The molecule has 0 aliphatic rings. The van der Waals surface area contributed by atoms with Crippen LogP contribution in [0.15, 0.2) is 30.7 Å². The molecule has 0 aliphatic carbocycles. The monoisotopic (exact) mass is 427 g/mol. The van der Waals surface area contributed by atoms with Gasteiger partial charge in [0.2, 0.25) is 5.88 Å². The van der Waals surface area contributed by atoms with Crippen molar-refractivity contribution < 1.29 is 22.7 Å². The molecule has 3 heterocycles. The van der Waals surface area contributed by atoms with E-state index >= 15 is 0 Å². The molecule has 7 nitrogen and oxygen atoms in total. The minimum absolute atomic E-state index is 0.0620. The molecule has 0 aliphatic heterocycles. The standard InChI is InChI=1S/C18H17ClF3N5O2/c1-2-23-16(28)15-12-10-27(26-14(12)3-5-24-15)9-11-7-13(19)17(25-8-11)29-6-4-18(20,21)22/h3,5,7-8,10H,2,4,6,9H2,1H3,(H,23,28). The zero-order valence-corrected chi connectivity index (χ0v) is 16.1. The first-order valence-corrected chi connectivity index (χ1v) is 9.09. The normalized spacial score (nSPS) is 11.6. The van der Waals surface area contributed by atoms with Gasteiger partial charge in [-0.05, 0) is 24.6 Å². The highest BCUT2D eigenvalue weighted by molar-refractivity contribution is 6.31. The Hall–Kier alpha value is -2.88. The predicted octanol–water partition coefficient (Wildman–Crippen LogP) is 3.61. The van der Waals surface area contributed by atoms with Gasteiger partial charge in [-0.25, -0.2) is 4.98 Å². The number of carbonyl (C=O) groups is 1. The number of alkyl halides is 3. The van der Waals surface area contributed by atoms with E-state index < -0.39 is 19.2 Å². The van der Waals surface area contributed by atoms with E-state index in [-0.39, 0.29) is 22.5 Å². The highest BCUT2D eigenvalue weighted by Gasteiger charge is 2.27. The van der Waals surface area contributed by atoms with Crippen molar-refractivity contribution >= 4 is 28.4 Å². The highest BCUT2D eigenvalue weighted by Crippen LogP contribution is 2.25. The van der Waals surface area contributed by atoms with Gasteiger partial charge in [0, 0.05) is 25.1 Å². The zero-order valence-electron chi connectivity index (χ0n) is 15.3. The summed E-state index contributed by atoms with van der Waals surface area (Å²) in [6, 6.07) is 3.24. The van der Waals surface area contributed by atoms with Crippen molar-refractivity contribution in [2.24, 2.45) is 0 Å². The molecule has 154 valence electrons. The summed E-state index contributed by atoms with van der Waals surface area (Å²) in [4.78, 5) is 20.2. The van der Waals surface area contributed by atoms with Crippen molar-refractivity contribution in [2.75, 3.05) is 13.2 Å². The van der Waals surface area contributed by atoms with Crippen molar-refractivity contribution in [3.05, 3.63) is 47.0 Å². The molecule has 0 fully saturated rings. The van der Waals surface area contributed by atoms with Crippen molar-refractivity contribution in [3.8, 4) is 5.88 Å². The molecule has 3 aromatic rings. The van der Waals surface area contributed by atoms with E-state index in [1.54, 1.807) is 23.0 Å². The minimum atomic E-state index is -4.31. The number of pyridine rings is 2. The lowest BCUT2D eigenvalue weighted by atomic mass is 10.2. The van der Waals surface area contributed by atoms with E-state index in [9.17, 15) is 18.0 Å². The molecule has 0 bridgehead atoms. The van der Waals surface area contributed by atoms with Gasteiger partial charge in [-0.1, -0.05) is 11.6 Å². The van der Waals surface area contributed by atoms with E-state index in [0.717, 1.165) is 0 Å². The summed E-state index contributed by atoms with van der Waals surface area (Å²) in [5, 5.41) is 7.82. The van der Waals surface area contributed by atoms with Crippen LogP contribution in [0.2, 0.25) is 5.02 Å². The van der Waals surface area contributed by atoms with Crippen LogP contribution in [0.3, 0.4) is 0 Å². The first kappa shape index (κ1) is 20.8. The Bertz CT molecular complexity index is 1020. The van der Waals surface area contributed by atoms with E-state index in [4.69, 9.17) is 16.3 Å². The molecular formula is C18H17ClF3N5O2. The third-order valence-electron chi connectivity index (χ3n) is 3.87. The van der Waals surface area contributed by atoms with Crippen LogP contribution >= 0.6 is 11.6 Å². The molecular weight excluding hydrogens is 411 g/mol. The first-order chi connectivity index (χ1) is 13.8. The molecule has 0 saturated heterocycles. The predicted molar refractivity (Wildman–Crippen MR) is 100 cm³/mol. The minimum Gasteiger partial charge on any atom is -0.476 e. The van der Waals surface area contributed by atoms with Crippen molar-refractivity contribution in [3.63, 3.8) is 0 Å². The van der Waals surface area contributed by atoms with Gasteiger partial charge in [-0.15, -0.1) is 0 Å². The number of fused-ring (bicyclic) bond motifs is 1. The summed E-state index contributed by atoms with van der Waals surface area (Å²) in [6.45, 7) is 2.02. The molecule has 0 unspecified atom stereocenters. The van der Waals surface area contributed by atoms with Gasteiger partial charge in [0.25, 0.3) is 5.91 Å². The lowest BCUT2D eigenvalue weighted by molar-refractivity contribution is -0.139. The molecule has 11 heteroatoms. The van der Waals surface area contributed by atoms with Crippen molar-refractivity contribution in [1.82, 2.24) is 25.1 Å². The summed E-state index contributed by atoms with van der Waals surface area (Å²) in [7, 11) is 0. The highest BCUT2D eigenvalue weighted by atomic mass is 35.5. The van der Waals surface area contributed by atoms with Gasteiger partial charge < -0.3 is 10.1 Å². The summed E-state index contributed by atoms with van der Waals surface area (Å²) in [5.41, 5.74) is 1.55. The van der Waals surface area contributed by atoms with Gasteiger partial charge in [0.05, 0.1) is 30.5 Å². The maximum Gasteiger partial charge on any atom is 0.392 e. The largest absolute Gasteiger partial charge is 0.476 e. The molecule has 0 radical (unpaired) electrons. The number of nitrogens with zero attached hydrogens (tertiary/aromatic N) is 4. The van der Waals surface area contributed by atoms with Gasteiger partial charge >= 0.3 is 6.18 Å². The number of aromatic nitrogens is 4. The number of nitrogens with one attached hydrogen (secondary N) is 1. The lowest BCUT2D eigenvalue weighted by Gasteiger charge is -2.10. The molecule has 3 rings (SSSR count). The van der Waals surface area contributed by atoms with E-state index in [2.05, 4.69) is 20.4 Å². The SMILES string of the molecule is CCNC(=O)c1nccc2nn(Cc3cnc(OCCC(F)(F)F)c(Cl)c3)cc12. The van der Waals surface area contributed by atoms with Crippen LogP contribution in [0.25, 0.3) is 10.9 Å². The molecule has 1 N–H and O–H groups in total. The second-order valence-electron chi connectivity index (χ2n) is 6.12. The average Bonchev–Trinajstić information content (AvgIpc) is 3.05. The van der Waals surface area contributed by atoms with E-state index in [1.165, 1.54) is 12.4 Å². The third kappa shape index (κ3) is 5.35. The van der Waals surface area contributed by atoms with Crippen LogP contribution in [0.4, 0.5) is 13.2 Å². The van der Waals surface area contributed by atoms with Crippen LogP contribution in [0, 0.1) is 0 Å². The number of ether oxygens (including phenoxy) is 1. The molecule has 0 spiro atoms. The number of carbonyl (C=O) groups excluding carboxylic acids is 1. The van der Waals surface area contributed by atoms with Gasteiger partial charge in [0.15, 0.2) is 0 Å². The number of amides is 1. The number of hydrogen-bond donors (Lipinski definition) is 1. The van der Waals surface area contributed by atoms with Crippen molar-refractivity contribution in [1.29, 1.82) is 0 Å². The molecule has 29 heavy (non-hydrogen) atoms. The van der Waals surface area contributed by atoms with Crippen LogP contribution in [0.5, 0.6) is 5.88 Å². The molecule has 3 aromatic heterocycles. The molecule has 0 saturated carbocycles. The van der Waals surface area contributed by atoms with Crippen LogP contribution in [-0.2, 0) is 6.54 Å². The lowest BCUT2D eigenvalue weighted by Crippen LogP contribution is -2.23. The Morgan fingerprint density at radius 3 is 2.83 bits per heavy atom. The van der Waals surface area contributed by atoms with Crippen LogP contribution in [-0.4, -0.2) is 45.0 Å². The smallest absolute Gasteiger partial charge is 0.392 e. The molecule has 0 atom stereocenters. The molecule has 1 amide bonds. The maximum absolute atomic E-state index is 12.2. The second-order valence-corrected chi connectivity index (χ2v) is 6.53. The van der Waals surface area contributed by atoms with Crippen LogP contribution in [0.1, 0.15) is 29.4 Å². The average molecular weight is 428 g/mol. The number of hydrogen-bond acceptors (Lipinski definition) is 5. The van der Waals surface area contributed by atoms with E-state index in [0.29, 0.717) is 29.6 Å². The fourth-order valence-corrected chi connectivity index (χ4v) is 2.85. The fourth-order valence-electron chi connectivity index (χ4n) is 2.61. The van der Waals surface area contributed by atoms with Crippen molar-refractivity contribution in [2.45, 2.75) is 26.1 Å². The summed E-state index contributed by atoms with van der Waals surface area (Å²) in [5.74, 6) is -0.351. The van der Waals surface area contributed by atoms with Gasteiger partial charge in [0.1, 0.15) is 10.7 Å². The first-order valence-electron chi connectivity index (χ1n) is 8.71. The Kier molecular flexibility index (Phi) is 6.21. The number of rotatable bonds is 7. The maximum atomic E-state index is 12.2. The van der Waals surface area contributed by atoms with Gasteiger partial charge in [-0.2, -0.15) is 18.3 Å². The van der Waals surface area contributed by atoms with Gasteiger partial charge in [-0.3, -0.25) is 14.5 Å². The topological polar surface area (TPSA) is 81.9 Å². The summed E-state index contributed by atoms with van der Waals surface area (Å²) >= 11 is 6.06. The fraction of sp³-hybridized carbons (Fsp3) is 0.333. The Morgan fingerprint density at radius 1 is 1.34 bits per heavy atom. The Morgan fingerprint density at radius 2 is 2.14 bits per heavy atom. The quantitative estimate of drug-likeness (QED) is 0.623. The zero-order chi connectivity index (χ0) is 21.0. The Balaban J connectivity index is 1.74. The number of halogens is 4. The Labute approximate surface area is 168 Å². The summed E-state index contributed by atoms with van der Waals surface area (Å²) < 4.78 is 43.2.